The van der Waals surface area contributed by atoms with Gasteiger partial charge in [0.15, 0.2) is 0 Å². The van der Waals surface area contributed by atoms with Crippen molar-refractivity contribution < 1.29 is 27.4 Å². The maximum absolute atomic E-state index is 12.5. The van der Waals surface area contributed by atoms with E-state index in [1.54, 1.807) is 4.90 Å². The standard InChI is InChI=1S/C19H26F3NO3/c1-18(2,3)26-17(24)23-11-4-5-14(13-23)10-12-25-16-8-6-15(7-9-16)19(20,21)22/h6-9,14H,4-5,10-13H2,1-3H3. The minimum atomic E-state index is -4.34. The number of carbonyl (C=O) groups excluding carboxylic acids is 1. The van der Waals surface area contributed by atoms with E-state index in [0.717, 1.165) is 31.4 Å². The number of rotatable bonds is 4. The lowest BCUT2D eigenvalue weighted by molar-refractivity contribution is -0.137. The normalized spacial score (nSPS) is 18.5. The molecule has 1 fully saturated rings. The third-order valence-electron chi connectivity index (χ3n) is 4.15. The Balaban J connectivity index is 1.78. The van der Waals surface area contributed by atoms with Gasteiger partial charge in [0.1, 0.15) is 11.4 Å². The van der Waals surface area contributed by atoms with E-state index >= 15 is 0 Å². The van der Waals surface area contributed by atoms with Crippen LogP contribution in [-0.2, 0) is 10.9 Å². The first kappa shape index (κ1) is 20.4. The van der Waals surface area contributed by atoms with Gasteiger partial charge in [0.2, 0.25) is 0 Å². The van der Waals surface area contributed by atoms with Crippen molar-refractivity contribution in [1.29, 1.82) is 0 Å². The van der Waals surface area contributed by atoms with E-state index < -0.39 is 17.3 Å². The summed E-state index contributed by atoms with van der Waals surface area (Å²) in [6, 6.07) is 4.69. The van der Waals surface area contributed by atoms with Gasteiger partial charge in [-0.2, -0.15) is 13.2 Å². The van der Waals surface area contributed by atoms with Crippen LogP contribution in [0.5, 0.6) is 5.75 Å². The molecular formula is C19H26F3NO3. The van der Waals surface area contributed by atoms with Gasteiger partial charge < -0.3 is 14.4 Å². The number of amides is 1. The first-order valence-corrected chi connectivity index (χ1v) is 8.82. The van der Waals surface area contributed by atoms with Crippen LogP contribution < -0.4 is 4.74 Å². The summed E-state index contributed by atoms with van der Waals surface area (Å²) in [5.41, 5.74) is -1.21. The minimum Gasteiger partial charge on any atom is -0.494 e. The first-order valence-electron chi connectivity index (χ1n) is 8.82. The van der Waals surface area contributed by atoms with Gasteiger partial charge in [-0.15, -0.1) is 0 Å². The van der Waals surface area contributed by atoms with E-state index in [9.17, 15) is 18.0 Å². The Labute approximate surface area is 152 Å². The third-order valence-corrected chi connectivity index (χ3v) is 4.15. The topological polar surface area (TPSA) is 38.8 Å². The van der Waals surface area contributed by atoms with Crippen molar-refractivity contribution in [2.75, 3.05) is 19.7 Å². The van der Waals surface area contributed by atoms with Crippen molar-refractivity contribution in [2.24, 2.45) is 5.92 Å². The molecule has 0 spiro atoms. The number of benzene rings is 1. The summed E-state index contributed by atoms with van der Waals surface area (Å²) in [6.07, 6.45) is -2.00. The Kier molecular flexibility index (Phi) is 6.42. The summed E-state index contributed by atoms with van der Waals surface area (Å²) in [6.45, 7) is 7.22. The Morgan fingerprint density at radius 1 is 1.19 bits per heavy atom. The average molecular weight is 373 g/mol. The number of halogens is 3. The molecule has 0 aliphatic carbocycles. The maximum Gasteiger partial charge on any atom is 0.416 e. The van der Waals surface area contributed by atoms with Gasteiger partial charge in [0.05, 0.1) is 12.2 Å². The van der Waals surface area contributed by atoms with E-state index in [2.05, 4.69) is 0 Å². The van der Waals surface area contributed by atoms with Gasteiger partial charge in [0.25, 0.3) is 0 Å². The van der Waals surface area contributed by atoms with Gasteiger partial charge in [-0.3, -0.25) is 0 Å². The third kappa shape index (κ3) is 6.42. The molecule has 4 nitrogen and oxygen atoms in total. The maximum atomic E-state index is 12.5. The van der Waals surface area contributed by atoms with Crippen molar-refractivity contribution >= 4 is 6.09 Å². The molecule has 1 heterocycles. The van der Waals surface area contributed by atoms with Crippen molar-refractivity contribution in [3.63, 3.8) is 0 Å². The number of nitrogens with zero attached hydrogens (tertiary/aromatic N) is 1. The van der Waals surface area contributed by atoms with E-state index in [1.165, 1.54) is 12.1 Å². The molecule has 2 rings (SSSR count). The summed E-state index contributed by atoms with van der Waals surface area (Å²) in [7, 11) is 0. The molecule has 1 aromatic rings. The fourth-order valence-corrected chi connectivity index (χ4v) is 2.88. The van der Waals surface area contributed by atoms with E-state index in [-0.39, 0.29) is 6.09 Å². The molecule has 1 atom stereocenters. The Morgan fingerprint density at radius 3 is 2.42 bits per heavy atom. The van der Waals surface area contributed by atoms with Crippen LogP contribution in [0.3, 0.4) is 0 Å². The van der Waals surface area contributed by atoms with Crippen molar-refractivity contribution in [3.8, 4) is 5.75 Å². The predicted octanol–water partition coefficient (Wildman–Crippen LogP) is 5.12. The van der Waals surface area contributed by atoms with Crippen LogP contribution in [0, 0.1) is 5.92 Å². The van der Waals surface area contributed by atoms with Crippen molar-refractivity contribution in [1.82, 2.24) is 4.90 Å². The van der Waals surface area contributed by atoms with Crippen molar-refractivity contribution in [3.05, 3.63) is 29.8 Å². The molecule has 1 aliphatic rings. The van der Waals surface area contributed by atoms with E-state index in [1.807, 2.05) is 20.8 Å². The second-order valence-corrected chi connectivity index (χ2v) is 7.59. The SMILES string of the molecule is CC(C)(C)OC(=O)N1CCCC(CCOc2ccc(C(F)(F)F)cc2)C1. The van der Waals surface area contributed by atoms with Gasteiger partial charge >= 0.3 is 12.3 Å². The van der Waals surface area contributed by atoms with Crippen LogP contribution in [0.25, 0.3) is 0 Å². The zero-order valence-electron chi connectivity index (χ0n) is 15.4. The Hall–Kier alpha value is -1.92. The highest BCUT2D eigenvalue weighted by Crippen LogP contribution is 2.30. The summed E-state index contributed by atoms with van der Waals surface area (Å²) < 4.78 is 48.6. The molecule has 0 radical (unpaired) electrons. The molecular weight excluding hydrogens is 347 g/mol. The monoisotopic (exact) mass is 373 g/mol. The number of hydrogen-bond acceptors (Lipinski definition) is 3. The van der Waals surface area contributed by atoms with Gasteiger partial charge in [-0.25, -0.2) is 4.79 Å². The van der Waals surface area contributed by atoms with Crippen LogP contribution in [0.15, 0.2) is 24.3 Å². The molecule has 0 saturated carbocycles. The number of piperidine rings is 1. The van der Waals surface area contributed by atoms with Gasteiger partial charge in [-0.1, -0.05) is 0 Å². The number of ether oxygens (including phenoxy) is 2. The second kappa shape index (κ2) is 8.18. The second-order valence-electron chi connectivity index (χ2n) is 7.59. The van der Waals surface area contributed by atoms with Crippen LogP contribution >= 0.6 is 0 Å². The lowest BCUT2D eigenvalue weighted by Crippen LogP contribution is -2.43. The number of hydrogen-bond donors (Lipinski definition) is 0. The predicted molar refractivity (Wildman–Crippen MR) is 92.1 cm³/mol. The Morgan fingerprint density at radius 2 is 1.85 bits per heavy atom. The molecule has 0 N–H and O–H groups in total. The molecule has 146 valence electrons. The fourth-order valence-electron chi connectivity index (χ4n) is 2.88. The van der Waals surface area contributed by atoms with Crippen molar-refractivity contribution in [2.45, 2.75) is 51.8 Å². The molecule has 0 bridgehead atoms. The lowest BCUT2D eigenvalue weighted by Gasteiger charge is -2.34. The number of carbonyl (C=O) groups is 1. The van der Waals surface area contributed by atoms with Gasteiger partial charge in [0, 0.05) is 13.1 Å². The number of alkyl halides is 3. The molecule has 1 amide bonds. The largest absolute Gasteiger partial charge is 0.494 e. The summed E-state index contributed by atoms with van der Waals surface area (Å²) in [5, 5.41) is 0. The van der Waals surface area contributed by atoms with Crippen LogP contribution in [0.2, 0.25) is 0 Å². The van der Waals surface area contributed by atoms with Crippen LogP contribution in [-0.4, -0.2) is 36.3 Å². The van der Waals surface area contributed by atoms with E-state index in [0.29, 0.717) is 31.4 Å². The summed E-state index contributed by atoms with van der Waals surface area (Å²) in [4.78, 5) is 13.9. The summed E-state index contributed by atoms with van der Waals surface area (Å²) in [5.74, 6) is 0.712. The molecule has 0 aromatic heterocycles. The molecule has 1 saturated heterocycles. The lowest BCUT2D eigenvalue weighted by atomic mass is 9.95. The first-order chi connectivity index (χ1) is 12.0. The molecule has 1 aromatic carbocycles. The fraction of sp³-hybridized carbons (Fsp3) is 0.632. The highest BCUT2D eigenvalue weighted by molar-refractivity contribution is 5.68. The Bertz CT molecular complexity index is 594. The van der Waals surface area contributed by atoms with Crippen LogP contribution in [0.4, 0.5) is 18.0 Å². The average Bonchev–Trinajstić information content (AvgIpc) is 2.53. The number of likely N-dealkylation sites (tertiary alicyclic amines) is 1. The van der Waals surface area contributed by atoms with Gasteiger partial charge in [-0.05, 0) is 70.2 Å². The highest BCUT2D eigenvalue weighted by atomic mass is 19.4. The zero-order valence-corrected chi connectivity index (χ0v) is 15.4. The van der Waals surface area contributed by atoms with E-state index in [4.69, 9.17) is 9.47 Å². The smallest absolute Gasteiger partial charge is 0.416 e. The molecule has 7 heteroatoms. The molecule has 1 aliphatic heterocycles. The molecule has 1 unspecified atom stereocenters. The quantitative estimate of drug-likeness (QED) is 0.735. The highest BCUT2D eigenvalue weighted by Gasteiger charge is 2.30. The molecule has 26 heavy (non-hydrogen) atoms. The van der Waals surface area contributed by atoms with Crippen LogP contribution in [0.1, 0.15) is 45.6 Å². The zero-order chi connectivity index (χ0) is 19.4. The minimum absolute atomic E-state index is 0.297. The summed E-state index contributed by atoms with van der Waals surface area (Å²) >= 11 is 0.